The predicted molar refractivity (Wildman–Crippen MR) is 124 cm³/mol. The first-order valence-electron chi connectivity index (χ1n) is 10.5. The highest BCUT2D eigenvalue weighted by Crippen LogP contribution is 2.30. The molecule has 0 fully saturated rings. The van der Waals surface area contributed by atoms with Crippen LogP contribution in [0, 0.1) is 13.8 Å². The fraction of sp³-hybridized carbons (Fsp3) is 0.280. The van der Waals surface area contributed by atoms with Crippen molar-refractivity contribution in [1.82, 2.24) is 10.5 Å². The number of amides is 1. The van der Waals surface area contributed by atoms with Crippen molar-refractivity contribution in [3.05, 3.63) is 71.1 Å². The Balaban J connectivity index is 1.47. The summed E-state index contributed by atoms with van der Waals surface area (Å²) in [6, 6.07) is 12.7. The number of carbonyl (C=O) groups excluding carboxylic acids is 1. The van der Waals surface area contributed by atoms with Gasteiger partial charge in [0.2, 0.25) is 5.91 Å². The number of aryl methyl sites for hydroxylation is 2. The SMILES string of the molecule is COc1ccc(OCCNC(=O)/C=C/c2ccc(OCc3c(C)noc3C)c(OC)c2)cc1. The lowest BCUT2D eigenvalue weighted by molar-refractivity contribution is -0.116. The van der Waals surface area contributed by atoms with E-state index in [0.717, 1.165) is 28.3 Å². The number of benzene rings is 2. The molecule has 33 heavy (non-hydrogen) atoms. The molecule has 0 aliphatic carbocycles. The summed E-state index contributed by atoms with van der Waals surface area (Å²) in [5.74, 6) is 3.14. The maximum atomic E-state index is 12.1. The zero-order valence-corrected chi connectivity index (χ0v) is 19.2. The van der Waals surface area contributed by atoms with Crippen LogP contribution in [0.1, 0.15) is 22.6 Å². The molecule has 0 radical (unpaired) electrons. The lowest BCUT2D eigenvalue weighted by atomic mass is 10.2. The molecular formula is C25H28N2O6. The molecule has 1 heterocycles. The quantitative estimate of drug-likeness (QED) is 0.346. The number of ether oxygens (including phenoxy) is 4. The fourth-order valence-electron chi connectivity index (χ4n) is 3.01. The minimum absolute atomic E-state index is 0.217. The molecule has 0 aliphatic rings. The minimum Gasteiger partial charge on any atom is -0.497 e. The number of rotatable bonds is 11. The lowest BCUT2D eigenvalue weighted by Gasteiger charge is -2.11. The second kappa shape index (κ2) is 11.6. The van der Waals surface area contributed by atoms with Crippen molar-refractivity contribution in [2.45, 2.75) is 20.5 Å². The average Bonchev–Trinajstić information content (AvgIpc) is 3.16. The van der Waals surface area contributed by atoms with E-state index in [2.05, 4.69) is 10.5 Å². The van der Waals surface area contributed by atoms with E-state index >= 15 is 0 Å². The fourth-order valence-corrected chi connectivity index (χ4v) is 3.01. The molecule has 3 aromatic rings. The van der Waals surface area contributed by atoms with E-state index in [1.807, 2.05) is 44.2 Å². The number of carbonyl (C=O) groups is 1. The molecule has 1 amide bonds. The van der Waals surface area contributed by atoms with Crippen LogP contribution in [0.3, 0.4) is 0 Å². The molecule has 3 rings (SSSR count). The van der Waals surface area contributed by atoms with Gasteiger partial charge in [0.1, 0.15) is 30.5 Å². The van der Waals surface area contributed by atoms with Gasteiger partial charge in [0.25, 0.3) is 0 Å². The van der Waals surface area contributed by atoms with Crippen molar-refractivity contribution in [1.29, 1.82) is 0 Å². The Morgan fingerprint density at radius 1 is 1.00 bits per heavy atom. The first-order valence-corrected chi connectivity index (χ1v) is 10.5. The van der Waals surface area contributed by atoms with Crippen LogP contribution in [0.15, 0.2) is 53.1 Å². The van der Waals surface area contributed by atoms with Crippen molar-refractivity contribution in [2.24, 2.45) is 0 Å². The Bertz CT molecular complexity index is 1070. The van der Waals surface area contributed by atoms with E-state index in [0.29, 0.717) is 37.0 Å². The molecule has 0 unspecified atom stereocenters. The molecular weight excluding hydrogens is 424 g/mol. The summed E-state index contributed by atoms with van der Waals surface area (Å²) in [5.41, 5.74) is 2.52. The van der Waals surface area contributed by atoms with Gasteiger partial charge in [-0.3, -0.25) is 4.79 Å². The molecule has 0 bridgehead atoms. The van der Waals surface area contributed by atoms with Crippen molar-refractivity contribution >= 4 is 12.0 Å². The van der Waals surface area contributed by atoms with Gasteiger partial charge in [0.05, 0.1) is 32.0 Å². The van der Waals surface area contributed by atoms with Crippen molar-refractivity contribution in [3.63, 3.8) is 0 Å². The maximum absolute atomic E-state index is 12.1. The first-order chi connectivity index (χ1) is 16.0. The number of hydrogen-bond donors (Lipinski definition) is 1. The summed E-state index contributed by atoms with van der Waals surface area (Å²) in [4.78, 5) is 12.1. The zero-order chi connectivity index (χ0) is 23.6. The van der Waals surface area contributed by atoms with Crippen LogP contribution in [0.2, 0.25) is 0 Å². The van der Waals surface area contributed by atoms with E-state index in [9.17, 15) is 4.79 Å². The predicted octanol–water partition coefficient (Wildman–Crippen LogP) is 4.10. The molecule has 174 valence electrons. The van der Waals surface area contributed by atoms with Gasteiger partial charge in [0, 0.05) is 6.08 Å². The number of nitrogens with one attached hydrogen (secondary N) is 1. The Morgan fingerprint density at radius 2 is 1.76 bits per heavy atom. The maximum Gasteiger partial charge on any atom is 0.244 e. The summed E-state index contributed by atoms with van der Waals surface area (Å²) < 4.78 is 27.2. The van der Waals surface area contributed by atoms with Crippen LogP contribution in [0.5, 0.6) is 23.0 Å². The van der Waals surface area contributed by atoms with Crippen molar-refractivity contribution in [2.75, 3.05) is 27.4 Å². The largest absolute Gasteiger partial charge is 0.497 e. The highest BCUT2D eigenvalue weighted by Gasteiger charge is 2.12. The number of hydrogen-bond acceptors (Lipinski definition) is 7. The van der Waals surface area contributed by atoms with E-state index in [1.165, 1.54) is 6.08 Å². The minimum atomic E-state index is -0.217. The summed E-state index contributed by atoms with van der Waals surface area (Å²) in [7, 11) is 3.18. The third kappa shape index (κ3) is 6.77. The van der Waals surface area contributed by atoms with Crippen LogP contribution in [0.25, 0.3) is 6.08 Å². The zero-order valence-electron chi connectivity index (χ0n) is 19.2. The second-order valence-electron chi connectivity index (χ2n) is 7.15. The van der Waals surface area contributed by atoms with E-state index in [-0.39, 0.29) is 5.91 Å². The highest BCUT2D eigenvalue weighted by atomic mass is 16.5. The number of aromatic nitrogens is 1. The summed E-state index contributed by atoms with van der Waals surface area (Å²) >= 11 is 0. The Morgan fingerprint density at radius 3 is 2.42 bits per heavy atom. The van der Waals surface area contributed by atoms with Crippen LogP contribution >= 0.6 is 0 Å². The number of nitrogens with zero attached hydrogens (tertiary/aromatic N) is 1. The van der Waals surface area contributed by atoms with Crippen molar-refractivity contribution < 1.29 is 28.3 Å². The van der Waals surface area contributed by atoms with Crippen LogP contribution in [0.4, 0.5) is 0 Å². The Hall–Kier alpha value is -3.94. The highest BCUT2D eigenvalue weighted by molar-refractivity contribution is 5.91. The molecule has 0 aliphatic heterocycles. The standard InChI is InChI=1S/C25H28N2O6/c1-17-22(18(2)33-27-17)16-32-23-11-5-19(15-24(23)30-4)6-12-25(28)26-13-14-31-21-9-7-20(29-3)8-10-21/h5-12,15H,13-14,16H2,1-4H3,(H,26,28)/b12-6+. The Labute approximate surface area is 193 Å². The smallest absolute Gasteiger partial charge is 0.244 e. The Kier molecular flexibility index (Phi) is 8.35. The monoisotopic (exact) mass is 452 g/mol. The van der Waals surface area contributed by atoms with Gasteiger partial charge in [-0.1, -0.05) is 11.2 Å². The normalized spacial score (nSPS) is 10.8. The molecule has 0 atom stereocenters. The average molecular weight is 453 g/mol. The molecule has 2 aromatic carbocycles. The summed E-state index contributed by atoms with van der Waals surface area (Å²) in [6.07, 6.45) is 3.17. The second-order valence-corrected chi connectivity index (χ2v) is 7.15. The third-order valence-electron chi connectivity index (χ3n) is 4.90. The molecule has 0 saturated carbocycles. The van der Waals surface area contributed by atoms with Gasteiger partial charge in [-0.15, -0.1) is 0 Å². The van der Waals surface area contributed by atoms with Gasteiger partial charge in [-0.25, -0.2) is 0 Å². The molecule has 8 nitrogen and oxygen atoms in total. The lowest BCUT2D eigenvalue weighted by Crippen LogP contribution is -2.26. The molecule has 1 N–H and O–H groups in total. The van der Waals surface area contributed by atoms with Crippen LogP contribution in [-0.2, 0) is 11.4 Å². The van der Waals surface area contributed by atoms with Gasteiger partial charge >= 0.3 is 0 Å². The van der Waals surface area contributed by atoms with Gasteiger partial charge < -0.3 is 28.8 Å². The van der Waals surface area contributed by atoms with E-state index in [1.54, 1.807) is 32.4 Å². The summed E-state index contributed by atoms with van der Waals surface area (Å²) in [6.45, 7) is 4.79. The molecule has 1 aromatic heterocycles. The van der Waals surface area contributed by atoms with Gasteiger partial charge in [-0.2, -0.15) is 0 Å². The van der Waals surface area contributed by atoms with Crippen LogP contribution < -0.4 is 24.3 Å². The van der Waals surface area contributed by atoms with Crippen molar-refractivity contribution in [3.8, 4) is 23.0 Å². The van der Waals surface area contributed by atoms with Crippen LogP contribution in [-0.4, -0.2) is 38.4 Å². The van der Waals surface area contributed by atoms with E-state index < -0.39 is 0 Å². The molecule has 0 spiro atoms. The third-order valence-corrected chi connectivity index (χ3v) is 4.90. The molecule has 0 saturated heterocycles. The molecule has 8 heteroatoms. The van der Waals surface area contributed by atoms with E-state index in [4.69, 9.17) is 23.5 Å². The topological polar surface area (TPSA) is 92.1 Å². The van der Waals surface area contributed by atoms with Gasteiger partial charge in [0.15, 0.2) is 11.5 Å². The summed E-state index contributed by atoms with van der Waals surface area (Å²) in [5, 5.41) is 6.71. The number of methoxy groups -OCH3 is 2. The first kappa shape index (κ1) is 23.7. The van der Waals surface area contributed by atoms with Gasteiger partial charge in [-0.05, 0) is 61.9 Å².